The van der Waals surface area contributed by atoms with Gasteiger partial charge in [-0.25, -0.2) is 9.78 Å². The van der Waals surface area contributed by atoms with Gasteiger partial charge in [0.05, 0.1) is 10.9 Å². The number of carbonyl (C=O) groups is 2. The molecule has 7 heteroatoms. The van der Waals surface area contributed by atoms with Crippen molar-refractivity contribution < 1.29 is 14.7 Å². The highest BCUT2D eigenvalue weighted by atomic mass is 32.1. The van der Waals surface area contributed by atoms with E-state index in [0.29, 0.717) is 32.5 Å². The fourth-order valence-corrected chi connectivity index (χ4v) is 3.01. The highest BCUT2D eigenvalue weighted by molar-refractivity contribution is 7.09. The first-order valence-corrected chi connectivity index (χ1v) is 7.61. The number of aliphatic carboxylic acids is 1. The summed E-state index contributed by atoms with van der Waals surface area (Å²) in [5.41, 5.74) is 1.01. The molecule has 1 aliphatic rings. The SMILES string of the molecule is Cc1csc(CCNC(=O)N2CCC(C(=O)O)CC2)n1. The van der Waals surface area contributed by atoms with Crippen molar-refractivity contribution in [1.82, 2.24) is 15.2 Å². The highest BCUT2D eigenvalue weighted by Crippen LogP contribution is 2.17. The van der Waals surface area contributed by atoms with Gasteiger partial charge in [-0.05, 0) is 19.8 Å². The predicted octanol–water partition coefficient (Wildman–Crippen LogP) is 1.50. The zero-order chi connectivity index (χ0) is 14.5. The van der Waals surface area contributed by atoms with Crippen molar-refractivity contribution in [2.75, 3.05) is 19.6 Å². The first-order valence-electron chi connectivity index (χ1n) is 6.73. The Bertz CT molecular complexity index is 481. The molecule has 0 aliphatic carbocycles. The Kier molecular flexibility index (Phi) is 4.94. The van der Waals surface area contributed by atoms with Crippen LogP contribution in [0.15, 0.2) is 5.38 Å². The fraction of sp³-hybridized carbons (Fsp3) is 0.615. The number of rotatable bonds is 4. The summed E-state index contributed by atoms with van der Waals surface area (Å²) in [6.07, 6.45) is 1.80. The molecule has 0 aromatic carbocycles. The van der Waals surface area contributed by atoms with Gasteiger partial charge in [-0.3, -0.25) is 4.79 Å². The molecule has 2 amide bonds. The topological polar surface area (TPSA) is 82.5 Å². The van der Waals surface area contributed by atoms with Gasteiger partial charge < -0.3 is 15.3 Å². The van der Waals surface area contributed by atoms with Gasteiger partial charge in [0, 0.05) is 37.1 Å². The van der Waals surface area contributed by atoms with Gasteiger partial charge in [0.15, 0.2) is 0 Å². The summed E-state index contributed by atoms with van der Waals surface area (Å²) in [6, 6.07) is -0.109. The van der Waals surface area contributed by atoms with Crippen molar-refractivity contribution in [3.63, 3.8) is 0 Å². The number of piperidine rings is 1. The summed E-state index contributed by atoms with van der Waals surface area (Å²) in [4.78, 5) is 28.8. The first kappa shape index (κ1) is 14.8. The number of carboxylic acids is 1. The molecule has 0 spiro atoms. The van der Waals surface area contributed by atoms with Crippen LogP contribution in [0.5, 0.6) is 0 Å². The van der Waals surface area contributed by atoms with Crippen molar-refractivity contribution in [3.8, 4) is 0 Å². The van der Waals surface area contributed by atoms with Crippen LogP contribution in [0, 0.1) is 12.8 Å². The molecule has 1 aliphatic heterocycles. The first-order chi connectivity index (χ1) is 9.56. The van der Waals surface area contributed by atoms with Crippen LogP contribution in [0.1, 0.15) is 23.5 Å². The van der Waals surface area contributed by atoms with E-state index in [9.17, 15) is 9.59 Å². The second-order valence-electron chi connectivity index (χ2n) is 4.96. The minimum atomic E-state index is -0.760. The van der Waals surface area contributed by atoms with E-state index in [4.69, 9.17) is 5.11 Å². The maximum absolute atomic E-state index is 11.9. The van der Waals surface area contributed by atoms with Crippen LogP contribution in [0.25, 0.3) is 0 Å². The normalized spacial score (nSPS) is 16.1. The predicted molar refractivity (Wildman–Crippen MR) is 75.9 cm³/mol. The van der Waals surface area contributed by atoms with Crippen LogP contribution in [0.2, 0.25) is 0 Å². The number of carboxylic acid groups (broad SMARTS) is 1. The molecule has 0 radical (unpaired) electrons. The average molecular weight is 297 g/mol. The number of thiazole rings is 1. The molecule has 1 fully saturated rings. The number of carbonyl (C=O) groups excluding carboxylic acids is 1. The summed E-state index contributed by atoms with van der Waals surface area (Å²) in [5, 5.41) is 14.8. The third-order valence-corrected chi connectivity index (χ3v) is 4.44. The van der Waals surface area contributed by atoms with Crippen LogP contribution in [0.3, 0.4) is 0 Å². The lowest BCUT2D eigenvalue weighted by atomic mass is 9.97. The van der Waals surface area contributed by atoms with E-state index in [1.54, 1.807) is 16.2 Å². The van der Waals surface area contributed by atoms with Crippen LogP contribution in [-0.2, 0) is 11.2 Å². The summed E-state index contributed by atoms with van der Waals surface area (Å²) < 4.78 is 0. The van der Waals surface area contributed by atoms with Crippen LogP contribution < -0.4 is 5.32 Å². The second-order valence-corrected chi connectivity index (χ2v) is 5.91. The van der Waals surface area contributed by atoms with Crippen molar-refractivity contribution in [3.05, 3.63) is 16.1 Å². The molecule has 2 N–H and O–H groups in total. The smallest absolute Gasteiger partial charge is 0.317 e. The molecule has 110 valence electrons. The molecule has 0 saturated carbocycles. The minimum absolute atomic E-state index is 0.109. The molecule has 20 heavy (non-hydrogen) atoms. The average Bonchev–Trinajstić information content (AvgIpc) is 2.84. The van der Waals surface area contributed by atoms with Gasteiger partial charge in [0.2, 0.25) is 0 Å². The number of urea groups is 1. The monoisotopic (exact) mass is 297 g/mol. The summed E-state index contributed by atoms with van der Waals surface area (Å²) >= 11 is 1.60. The number of likely N-dealkylation sites (tertiary alicyclic amines) is 1. The van der Waals surface area contributed by atoms with Crippen molar-refractivity contribution in [1.29, 1.82) is 0 Å². The van der Waals surface area contributed by atoms with E-state index >= 15 is 0 Å². The van der Waals surface area contributed by atoms with E-state index in [1.165, 1.54) is 0 Å². The molecule has 0 atom stereocenters. The fourth-order valence-electron chi connectivity index (χ4n) is 2.24. The number of hydrogen-bond acceptors (Lipinski definition) is 4. The lowest BCUT2D eigenvalue weighted by Gasteiger charge is -2.30. The standard InChI is InChI=1S/C13H19N3O3S/c1-9-8-20-11(15-9)2-5-14-13(19)16-6-3-10(4-7-16)12(17)18/h8,10H,2-7H2,1H3,(H,14,19)(H,17,18). The molecular weight excluding hydrogens is 278 g/mol. The number of aryl methyl sites for hydroxylation is 1. The van der Waals surface area contributed by atoms with Crippen LogP contribution in [0.4, 0.5) is 4.79 Å². The number of aromatic nitrogens is 1. The number of hydrogen-bond donors (Lipinski definition) is 2. The van der Waals surface area contributed by atoms with Gasteiger partial charge >= 0.3 is 12.0 Å². The quantitative estimate of drug-likeness (QED) is 0.882. The molecule has 1 aromatic rings. The molecule has 2 rings (SSSR count). The Balaban J connectivity index is 1.69. The number of nitrogens with one attached hydrogen (secondary N) is 1. The zero-order valence-electron chi connectivity index (χ0n) is 11.5. The van der Waals surface area contributed by atoms with Gasteiger partial charge in [-0.2, -0.15) is 0 Å². The van der Waals surface area contributed by atoms with Crippen molar-refractivity contribution >= 4 is 23.3 Å². The Labute approximate surface area is 121 Å². The molecule has 0 unspecified atom stereocenters. The van der Waals surface area contributed by atoms with Gasteiger partial charge in [-0.15, -0.1) is 11.3 Å². The Hall–Kier alpha value is -1.63. The maximum Gasteiger partial charge on any atom is 0.317 e. The molecule has 6 nitrogen and oxygen atoms in total. The highest BCUT2D eigenvalue weighted by Gasteiger charge is 2.26. The summed E-state index contributed by atoms with van der Waals surface area (Å²) in [6.45, 7) is 3.54. The van der Waals surface area contributed by atoms with Crippen molar-refractivity contribution in [2.45, 2.75) is 26.2 Å². The van der Waals surface area contributed by atoms with Gasteiger partial charge in [0.1, 0.15) is 0 Å². The maximum atomic E-state index is 11.9. The molecule has 1 saturated heterocycles. The Morgan fingerprint density at radius 2 is 2.20 bits per heavy atom. The zero-order valence-corrected chi connectivity index (χ0v) is 12.3. The lowest BCUT2D eigenvalue weighted by molar-refractivity contribution is -0.143. The second kappa shape index (κ2) is 6.69. The Morgan fingerprint density at radius 3 is 2.75 bits per heavy atom. The summed E-state index contributed by atoms with van der Waals surface area (Å²) in [7, 11) is 0. The molecule has 1 aromatic heterocycles. The largest absolute Gasteiger partial charge is 0.481 e. The minimum Gasteiger partial charge on any atom is -0.481 e. The van der Waals surface area contributed by atoms with Crippen molar-refractivity contribution in [2.24, 2.45) is 5.92 Å². The Morgan fingerprint density at radius 1 is 1.50 bits per heavy atom. The van der Waals surface area contributed by atoms with E-state index in [0.717, 1.165) is 17.1 Å². The third kappa shape index (κ3) is 3.93. The lowest BCUT2D eigenvalue weighted by Crippen LogP contribution is -2.45. The van der Waals surface area contributed by atoms with E-state index < -0.39 is 5.97 Å². The van der Waals surface area contributed by atoms with Crippen LogP contribution in [-0.4, -0.2) is 46.6 Å². The van der Waals surface area contributed by atoms with E-state index in [-0.39, 0.29) is 11.9 Å². The van der Waals surface area contributed by atoms with Gasteiger partial charge in [-0.1, -0.05) is 0 Å². The number of nitrogens with zero attached hydrogens (tertiary/aromatic N) is 2. The van der Waals surface area contributed by atoms with Gasteiger partial charge in [0.25, 0.3) is 0 Å². The third-order valence-electron chi connectivity index (χ3n) is 3.41. The number of amides is 2. The van der Waals surface area contributed by atoms with E-state index in [1.807, 2.05) is 12.3 Å². The summed E-state index contributed by atoms with van der Waals surface area (Å²) in [5.74, 6) is -1.07. The van der Waals surface area contributed by atoms with Crippen LogP contribution >= 0.6 is 11.3 Å². The molecular formula is C13H19N3O3S. The molecule has 0 bridgehead atoms. The van der Waals surface area contributed by atoms with E-state index in [2.05, 4.69) is 10.3 Å². The molecule has 2 heterocycles.